The quantitative estimate of drug-likeness (QED) is 0.705. The second-order valence-electron chi connectivity index (χ2n) is 6.40. The van der Waals surface area contributed by atoms with Gasteiger partial charge in [-0.25, -0.2) is 4.79 Å². The molecule has 1 aromatic rings. The number of urea groups is 1. The lowest BCUT2D eigenvalue weighted by Crippen LogP contribution is -2.35. The van der Waals surface area contributed by atoms with Crippen molar-refractivity contribution in [2.75, 3.05) is 20.1 Å². The van der Waals surface area contributed by atoms with Crippen LogP contribution in [0.2, 0.25) is 0 Å². The van der Waals surface area contributed by atoms with Gasteiger partial charge in [0.1, 0.15) is 6.54 Å². The first kappa shape index (κ1) is 16.4. The van der Waals surface area contributed by atoms with E-state index in [0.717, 1.165) is 18.4 Å². The van der Waals surface area contributed by atoms with Gasteiger partial charge in [0.15, 0.2) is 0 Å². The minimum Gasteiger partial charge on any atom is -0.335 e. The van der Waals surface area contributed by atoms with Gasteiger partial charge in [-0.05, 0) is 37.0 Å². The fourth-order valence-electron chi connectivity index (χ4n) is 2.91. The van der Waals surface area contributed by atoms with E-state index in [0.29, 0.717) is 32.0 Å². The van der Waals surface area contributed by atoms with Crippen molar-refractivity contribution < 1.29 is 14.4 Å². The zero-order valence-corrected chi connectivity index (χ0v) is 13.9. The Balaban J connectivity index is 1.51. The highest BCUT2D eigenvalue weighted by molar-refractivity contribution is 6.01. The highest BCUT2D eigenvalue weighted by Gasteiger charge is 2.34. The maximum Gasteiger partial charge on any atom is 0.326 e. The summed E-state index contributed by atoms with van der Waals surface area (Å²) in [5, 5.41) is 0. The van der Waals surface area contributed by atoms with Gasteiger partial charge in [0.2, 0.25) is 11.8 Å². The van der Waals surface area contributed by atoms with E-state index in [4.69, 9.17) is 0 Å². The summed E-state index contributed by atoms with van der Waals surface area (Å²) in [5.74, 6) is -0.104. The minimum absolute atomic E-state index is 0.0850. The van der Waals surface area contributed by atoms with Gasteiger partial charge >= 0.3 is 6.03 Å². The van der Waals surface area contributed by atoms with Crippen molar-refractivity contribution in [2.24, 2.45) is 0 Å². The Morgan fingerprint density at radius 2 is 2.00 bits per heavy atom. The molecule has 0 aromatic carbocycles. The van der Waals surface area contributed by atoms with Crippen LogP contribution < -0.4 is 0 Å². The summed E-state index contributed by atoms with van der Waals surface area (Å²) in [6.45, 7) is 1.03. The Morgan fingerprint density at radius 1 is 1.29 bits per heavy atom. The molecule has 2 fully saturated rings. The van der Waals surface area contributed by atoms with Crippen LogP contribution in [0.15, 0.2) is 24.5 Å². The highest BCUT2D eigenvalue weighted by Crippen LogP contribution is 2.29. The topological polar surface area (TPSA) is 73.8 Å². The predicted molar refractivity (Wildman–Crippen MR) is 86.8 cm³/mol. The molecule has 128 valence electrons. The van der Waals surface area contributed by atoms with E-state index in [1.807, 2.05) is 17.0 Å². The van der Waals surface area contributed by atoms with Gasteiger partial charge in [-0.1, -0.05) is 0 Å². The molecule has 0 N–H and O–H groups in total. The molecular formula is C17H22N4O3. The first-order valence-corrected chi connectivity index (χ1v) is 8.30. The van der Waals surface area contributed by atoms with Crippen LogP contribution in [0.4, 0.5) is 4.79 Å². The lowest BCUT2D eigenvalue weighted by Gasteiger charge is -2.23. The van der Waals surface area contributed by atoms with Crippen molar-refractivity contribution in [2.45, 2.75) is 38.3 Å². The number of carbonyl (C=O) groups is 3. The molecule has 7 heteroatoms. The lowest BCUT2D eigenvalue weighted by molar-refractivity contribution is -0.133. The summed E-state index contributed by atoms with van der Waals surface area (Å²) in [6, 6.07) is 3.88. The van der Waals surface area contributed by atoms with Gasteiger partial charge in [-0.3, -0.25) is 19.5 Å². The second-order valence-corrected chi connectivity index (χ2v) is 6.40. The Hall–Kier alpha value is -2.44. The van der Waals surface area contributed by atoms with Crippen molar-refractivity contribution in [1.29, 1.82) is 0 Å². The van der Waals surface area contributed by atoms with Crippen LogP contribution in [-0.2, 0) is 16.1 Å². The molecule has 4 amide bonds. The molecule has 0 radical (unpaired) electrons. The Bertz CT molecular complexity index is 630. The van der Waals surface area contributed by atoms with Crippen LogP contribution in [0.5, 0.6) is 0 Å². The highest BCUT2D eigenvalue weighted by atomic mass is 16.2. The Kier molecular flexibility index (Phi) is 4.78. The zero-order chi connectivity index (χ0) is 17.1. The number of amides is 4. The van der Waals surface area contributed by atoms with Crippen molar-refractivity contribution in [3.63, 3.8) is 0 Å². The number of hydrogen-bond acceptors (Lipinski definition) is 4. The van der Waals surface area contributed by atoms with Crippen molar-refractivity contribution in [3.8, 4) is 0 Å². The number of imide groups is 1. The molecule has 0 atom stereocenters. The fraction of sp³-hybridized carbons (Fsp3) is 0.529. The molecule has 1 saturated carbocycles. The first-order valence-electron chi connectivity index (χ1n) is 8.30. The zero-order valence-electron chi connectivity index (χ0n) is 13.9. The summed E-state index contributed by atoms with van der Waals surface area (Å²) in [5.41, 5.74) is 1.07. The summed E-state index contributed by atoms with van der Waals surface area (Å²) in [4.78, 5) is 44.6. The van der Waals surface area contributed by atoms with E-state index in [-0.39, 0.29) is 24.4 Å². The van der Waals surface area contributed by atoms with E-state index in [2.05, 4.69) is 4.98 Å². The molecule has 2 aliphatic rings. The molecule has 3 rings (SSSR count). The molecule has 0 unspecified atom stereocenters. The van der Waals surface area contributed by atoms with E-state index >= 15 is 0 Å². The number of hydrogen-bond donors (Lipinski definition) is 0. The van der Waals surface area contributed by atoms with Gasteiger partial charge in [-0.2, -0.15) is 0 Å². The van der Waals surface area contributed by atoms with Crippen LogP contribution in [0.1, 0.15) is 31.2 Å². The fourth-order valence-corrected chi connectivity index (χ4v) is 2.91. The second kappa shape index (κ2) is 6.98. The van der Waals surface area contributed by atoms with Crippen LogP contribution in [0, 0.1) is 0 Å². The monoisotopic (exact) mass is 330 g/mol. The summed E-state index contributed by atoms with van der Waals surface area (Å²) in [7, 11) is 1.61. The standard InChI is InChI=1S/C17H22N4O3/c1-19-12-16(23)20(17(19)24)10-2-3-15(22)21(14-4-5-14)11-13-6-8-18-9-7-13/h6-9,14H,2-5,10-12H2,1H3. The molecule has 7 nitrogen and oxygen atoms in total. The average Bonchev–Trinajstić information content (AvgIpc) is 3.37. The van der Waals surface area contributed by atoms with E-state index in [1.165, 1.54) is 9.80 Å². The number of likely N-dealkylation sites (N-methyl/N-ethyl adjacent to an activating group) is 1. The first-order chi connectivity index (χ1) is 11.6. The number of aromatic nitrogens is 1. The maximum atomic E-state index is 12.5. The van der Waals surface area contributed by atoms with Crippen LogP contribution in [0.3, 0.4) is 0 Å². The smallest absolute Gasteiger partial charge is 0.326 e. The number of rotatable bonds is 7. The Morgan fingerprint density at radius 3 is 2.58 bits per heavy atom. The molecule has 24 heavy (non-hydrogen) atoms. The third-order valence-corrected chi connectivity index (χ3v) is 4.41. The van der Waals surface area contributed by atoms with Gasteiger partial charge < -0.3 is 9.80 Å². The van der Waals surface area contributed by atoms with Gasteiger partial charge in [-0.15, -0.1) is 0 Å². The predicted octanol–water partition coefficient (Wildman–Crippen LogP) is 1.25. The number of nitrogens with zero attached hydrogens (tertiary/aromatic N) is 4. The summed E-state index contributed by atoms with van der Waals surface area (Å²) in [6.07, 6.45) is 6.40. The largest absolute Gasteiger partial charge is 0.335 e. The van der Waals surface area contributed by atoms with Gasteiger partial charge in [0.25, 0.3) is 0 Å². The van der Waals surface area contributed by atoms with Crippen LogP contribution >= 0.6 is 0 Å². The van der Waals surface area contributed by atoms with Gasteiger partial charge in [0.05, 0.1) is 0 Å². The van der Waals surface area contributed by atoms with Crippen LogP contribution in [0.25, 0.3) is 0 Å². The maximum absolute atomic E-state index is 12.5. The molecule has 0 spiro atoms. The Labute approximate surface area is 141 Å². The number of pyridine rings is 1. The minimum atomic E-state index is -0.275. The summed E-state index contributed by atoms with van der Waals surface area (Å²) >= 11 is 0. The van der Waals surface area contributed by atoms with E-state index < -0.39 is 0 Å². The SMILES string of the molecule is CN1CC(=O)N(CCCC(=O)N(Cc2ccncc2)C2CC2)C1=O. The molecule has 0 bridgehead atoms. The molecular weight excluding hydrogens is 308 g/mol. The average molecular weight is 330 g/mol. The molecule has 1 saturated heterocycles. The normalized spacial score (nSPS) is 17.5. The molecule has 1 aliphatic carbocycles. The third kappa shape index (κ3) is 3.72. The molecule has 1 aliphatic heterocycles. The van der Waals surface area contributed by atoms with Crippen molar-refractivity contribution in [3.05, 3.63) is 30.1 Å². The number of carbonyl (C=O) groups excluding carboxylic acids is 3. The van der Waals surface area contributed by atoms with Crippen molar-refractivity contribution >= 4 is 17.8 Å². The summed E-state index contributed by atoms with van der Waals surface area (Å²) < 4.78 is 0. The van der Waals surface area contributed by atoms with E-state index in [9.17, 15) is 14.4 Å². The van der Waals surface area contributed by atoms with E-state index in [1.54, 1.807) is 19.4 Å². The van der Waals surface area contributed by atoms with Gasteiger partial charge in [0, 0.05) is 45.0 Å². The third-order valence-electron chi connectivity index (χ3n) is 4.41. The molecule has 1 aromatic heterocycles. The molecule has 2 heterocycles. The van der Waals surface area contributed by atoms with Crippen LogP contribution in [-0.4, -0.2) is 63.7 Å². The van der Waals surface area contributed by atoms with Crippen molar-refractivity contribution in [1.82, 2.24) is 19.7 Å². The lowest BCUT2D eigenvalue weighted by atomic mass is 10.2.